The minimum Gasteiger partial charge on any atom is -0.478 e. The van der Waals surface area contributed by atoms with Crippen molar-refractivity contribution in [1.82, 2.24) is 14.7 Å². The number of likely N-dealkylation sites (tertiary alicyclic amines) is 1. The Morgan fingerprint density at radius 2 is 1.77 bits per heavy atom. The molecule has 26 heavy (non-hydrogen) atoms. The van der Waals surface area contributed by atoms with Crippen LogP contribution in [0.4, 0.5) is 0 Å². The summed E-state index contributed by atoms with van der Waals surface area (Å²) in [7, 11) is 0. The van der Waals surface area contributed by atoms with E-state index < -0.39 is 5.97 Å². The van der Waals surface area contributed by atoms with E-state index in [2.05, 4.69) is 18.9 Å². The van der Waals surface area contributed by atoms with Crippen molar-refractivity contribution in [3.63, 3.8) is 0 Å². The first kappa shape index (κ1) is 18.2. The smallest absolute Gasteiger partial charge is 0.339 e. The highest BCUT2D eigenvalue weighted by Gasteiger charge is 2.27. The summed E-state index contributed by atoms with van der Waals surface area (Å²) in [6, 6.07) is 7.98. The quantitative estimate of drug-likeness (QED) is 0.911. The molecule has 138 valence electrons. The number of hydrogen-bond acceptors (Lipinski definition) is 3. The number of aromatic nitrogens is 2. The fraction of sp³-hybridized carbons (Fsp3) is 0.450. The molecule has 1 aliphatic rings. The topological polar surface area (TPSA) is 75.4 Å². The normalized spacial score (nSPS) is 15.5. The maximum Gasteiger partial charge on any atom is 0.339 e. The number of rotatable bonds is 4. The van der Waals surface area contributed by atoms with Crippen LogP contribution >= 0.6 is 0 Å². The average molecular weight is 355 g/mol. The lowest BCUT2D eigenvalue weighted by Gasteiger charge is -2.32. The Balaban J connectivity index is 1.64. The predicted octanol–water partition coefficient (Wildman–Crippen LogP) is 3.49. The van der Waals surface area contributed by atoms with Crippen LogP contribution < -0.4 is 0 Å². The molecule has 0 unspecified atom stereocenters. The fourth-order valence-electron chi connectivity index (χ4n) is 3.51. The van der Waals surface area contributed by atoms with Crippen LogP contribution in [-0.2, 0) is 0 Å². The summed E-state index contributed by atoms with van der Waals surface area (Å²) in [5.74, 6) is -0.448. The van der Waals surface area contributed by atoms with E-state index in [1.807, 2.05) is 29.2 Å². The standard InChI is InChI=1S/C20H25N3O3/c1-13(2)15-4-6-16(7-5-15)19(24)22-10-8-17(9-11-22)23-14(3)18(12-21-23)20(25)26/h4-7,12-13,17H,8-11H2,1-3H3,(H,25,26). The van der Waals surface area contributed by atoms with Gasteiger partial charge in [0, 0.05) is 18.7 Å². The van der Waals surface area contributed by atoms with Crippen LogP contribution in [0.2, 0.25) is 0 Å². The van der Waals surface area contributed by atoms with Crippen LogP contribution in [0.3, 0.4) is 0 Å². The minimum absolute atomic E-state index is 0.0576. The van der Waals surface area contributed by atoms with E-state index in [9.17, 15) is 9.59 Å². The molecule has 1 aliphatic heterocycles. The SMILES string of the molecule is Cc1c(C(=O)O)cnn1C1CCN(C(=O)c2ccc(C(C)C)cc2)CC1. The first-order valence-corrected chi connectivity index (χ1v) is 9.05. The van der Waals surface area contributed by atoms with E-state index >= 15 is 0 Å². The Morgan fingerprint density at radius 1 is 1.15 bits per heavy atom. The molecule has 2 heterocycles. The van der Waals surface area contributed by atoms with Gasteiger partial charge in [0.05, 0.1) is 17.9 Å². The van der Waals surface area contributed by atoms with Gasteiger partial charge in [0.15, 0.2) is 0 Å². The number of aromatic carboxylic acids is 1. The Bertz CT molecular complexity index is 800. The van der Waals surface area contributed by atoms with Gasteiger partial charge in [-0.25, -0.2) is 4.79 Å². The molecule has 1 aromatic heterocycles. The van der Waals surface area contributed by atoms with Crippen molar-refractivity contribution >= 4 is 11.9 Å². The second-order valence-electron chi connectivity index (χ2n) is 7.19. The van der Waals surface area contributed by atoms with Crippen molar-refractivity contribution in [2.45, 2.75) is 45.6 Å². The number of carbonyl (C=O) groups excluding carboxylic acids is 1. The predicted molar refractivity (Wildman–Crippen MR) is 98.6 cm³/mol. The van der Waals surface area contributed by atoms with E-state index in [0.29, 0.717) is 24.7 Å². The van der Waals surface area contributed by atoms with Gasteiger partial charge in [-0.05, 0) is 43.4 Å². The monoisotopic (exact) mass is 355 g/mol. The third kappa shape index (κ3) is 3.49. The van der Waals surface area contributed by atoms with E-state index in [1.54, 1.807) is 11.6 Å². The van der Waals surface area contributed by atoms with Crippen molar-refractivity contribution in [2.24, 2.45) is 0 Å². The Kier molecular flexibility index (Phi) is 5.11. The summed E-state index contributed by atoms with van der Waals surface area (Å²) in [4.78, 5) is 25.8. The van der Waals surface area contributed by atoms with E-state index in [1.165, 1.54) is 11.8 Å². The maximum atomic E-state index is 12.7. The van der Waals surface area contributed by atoms with Crippen LogP contribution in [-0.4, -0.2) is 44.8 Å². The summed E-state index contributed by atoms with van der Waals surface area (Å²) in [5, 5.41) is 13.4. The number of hydrogen-bond donors (Lipinski definition) is 1. The van der Waals surface area contributed by atoms with Gasteiger partial charge in [-0.1, -0.05) is 26.0 Å². The molecule has 1 saturated heterocycles. The first-order valence-electron chi connectivity index (χ1n) is 9.05. The van der Waals surface area contributed by atoms with Gasteiger partial charge in [-0.15, -0.1) is 0 Å². The molecule has 1 aromatic carbocycles. The van der Waals surface area contributed by atoms with Crippen LogP contribution in [0.1, 0.15) is 70.6 Å². The summed E-state index contributed by atoms with van der Waals surface area (Å²) < 4.78 is 1.79. The first-order chi connectivity index (χ1) is 12.4. The maximum absolute atomic E-state index is 12.7. The van der Waals surface area contributed by atoms with Crippen LogP contribution in [0.25, 0.3) is 0 Å². The van der Waals surface area contributed by atoms with Gasteiger partial charge in [-0.2, -0.15) is 5.10 Å². The molecule has 0 bridgehead atoms. The number of carbonyl (C=O) groups is 2. The lowest BCUT2D eigenvalue weighted by molar-refractivity contribution is 0.0688. The fourth-order valence-corrected chi connectivity index (χ4v) is 3.51. The molecule has 0 spiro atoms. The van der Waals surface area contributed by atoms with Gasteiger partial charge in [0.1, 0.15) is 5.56 Å². The molecule has 1 amide bonds. The van der Waals surface area contributed by atoms with Gasteiger partial charge in [0.25, 0.3) is 5.91 Å². The zero-order valence-corrected chi connectivity index (χ0v) is 15.5. The zero-order valence-electron chi connectivity index (χ0n) is 15.5. The zero-order chi connectivity index (χ0) is 18.8. The largest absolute Gasteiger partial charge is 0.478 e. The molecular formula is C20H25N3O3. The number of carboxylic acid groups (broad SMARTS) is 1. The van der Waals surface area contributed by atoms with Crippen molar-refractivity contribution in [3.8, 4) is 0 Å². The average Bonchev–Trinajstić information content (AvgIpc) is 3.03. The van der Waals surface area contributed by atoms with Gasteiger partial charge in [0.2, 0.25) is 0 Å². The highest BCUT2D eigenvalue weighted by molar-refractivity contribution is 5.94. The van der Waals surface area contributed by atoms with Gasteiger partial charge < -0.3 is 10.0 Å². The van der Waals surface area contributed by atoms with Crippen LogP contribution in [0.15, 0.2) is 30.5 Å². The second kappa shape index (κ2) is 7.32. The Labute approximate surface area is 153 Å². The van der Waals surface area contributed by atoms with Gasteiger partial charge >= 0.3 is 5.97 Å². The number of nitrogens with zero attached hydrogens (tertiary/aromatic N) is 3. The third-order valence-corrected chi connectivity index (χ3v) is 5.20. The summed E-state index contributed by atoms with van der Waals surface area (Å²) in [5.41, 5.74) is 2.86. The van der Waals surface area contributed by atoms with E-state index in [4.69, 9.17) is 5.11 Å². The van der Waals surface area contributed by atoms with Crippen molar-refractivity contribution in [1.29, 1.82) is 0 Å². The number of benzene rings is 1. The van der Waals surface area contributed by atoms with Gasteiger partial charge in [-0.3, -0.25) is 9.48 Å². The lowest BCUT2D eigenvalue weighted by atomic mass is 10.0. The molecule has 3 rings (SSSR count). The third-order valence-electron chi connectivity index (χ3n) is 5.20. The molecule has 0 radical (unpaired) electrons. The molecule has 1 fully saturated rings. The number of carboxylic acids is 1. The van der Waals surface area contributed by atoms with Crippen LogP contribution in [0.5, 0.6) is 0 Å². The lowest BCUT2D eigenvalue weighted by Crippen LogP contribution is -2.39. The van der Waals surface area contributed by atoms with Crippen LogP contribution in [0, 0.1) is 6.92 Å². The number of amides is 1. The van der Waals surface area contributed by atoms with Crippen molar-refractivity contribution < 1.29 is 14.7 Å². The van der Waals surface area contributed by atoms with E-state index in [0.717, 1.165) is 18.4 Å². The Hall–Kier alpha value is -2.63. The summed E-state index contributed by atoms with van der Waals surface area (Å²) in [6.45, 7) is 7.35. The molecule has 0 aliphatic carbocycles. The summed E-state index contributed by atoms with van der Waals surface area (Å²) >= 11 is 0. The molecule has 6 nitrogen and oxygen atoms in total. The Morgan fingerprint density at radius 3 is 2.27 bits per heavy atom. The number of piperidine rings is 1. The molecular weight excluding hydrogens is 330 g/mol. The minimum atomic E-state index is -0.953. The molecule has 0 saturated carbocycles. The highest BCUT2D eigenvalue weighted by Crippen LogP contribution is 2.26. The molecule has 2 aromatic rings. The highest BCUT2D eigenvalue weighted by atomic mass is 16.4. The molecule has 6 heteroatoms. The van der Waals surface area contributed by atoms with Crippen molar-refractivity contribution in [2.75, 3.05) is 13.1 Å². The summed E-state index contributed by atoms with van der Waals surface area (Å²) in [6.07, 6.45) is 2.96. The van der Waals surface area contributed by atoms with E-state index in [-0.39, 0.29) is 17.5 Å². The molecule has 1 N–H and O–H groups in total. The van der Waals surface area contributed by atoms with Crippen molar-refractivity contribution in [3.05, 3.63) is 52.8 Å². The second-order valence-corrected chi connectivity index (χ2v) is 7.19. The molecule has 0 atom stereocenters.